The fraction of sp³-hybridized carbons (Fsp3) is 0.296. The van der Waals surface area contributed by atoms with Crippen molar-refractivity contribution in [1.82, 2.24) is 24.6 Å². The Kier molecular flexibility index (Phi) is 7.32. The van der Waals surface area contributed by atoms with E-state index < -0.39 is 0 Å². The van der Waals surface area contributed by atoms with E-state index in [1.807, 2.05) is 23.1 Å². The van der Waals surface area contributed by atoms with Gasteiger partial charge in [0.1, 0.15) is 0 Å². The summed E-state index contributed by atoms with van der Waals surface area (Å²) in [5, 5.41) is 12.0. The molecule has 2 aromatic heterocycles. The van der Waals surface area contributed by atoms with E-state index in [-0.39, 0.29) is 5.91 Å². The Bertz CT molecular complexity index is 1260. The van der Waals surface area contributed by atoms with Crippen molar-refractivity contribution in [2.45, 2.75) is 24.8 Å². The Hall–Kier alpha value is -2.94. The number of piperazine rings is 1. The fourth-order valence-corrected chi connectivity index (χ4v) is 5.80. The summed E-state index contributed by atoms with van der Waals surface area (Å²) < 4.78 is 2.13. The van der Waals surface area contributed by atoms with Gasteiger partial charge in [0.15, 0.2) is 11.0 Å². The summed E-state index contributed by atoms with van der Waals surface area (Å²) in [5.74, 6) is 1.73. The minimum atomic E-state index is 0.125. The quantitative estimate of drug-likeness (QED) is 0.317. The van der Waals surface area contributed by atoms with Crippen LogP contribution in [0.1, 0.15) is 28.4 Å². The van der Waals surface area contributed by atoms with Gasteiger partial charge in [0.05, 0.1) is 4.88 Å². The lowest BCUT2D eigenvalue weighted by atomic mass is 10.1. The molecule has 5 rings (SSSR count). The van der Waals surface area contributed by atoms with Crippen LogP contribution in [-0.2, 0) is 5.75 Å². The third-order valence-electron chi connectivity index (χ3n) is 6.34. The van der Waals surface area contributed by atoms with Crippen molar-refractivity contribution < 1.29 is 4.79 Å². The van der Waals surface area contributed by atoms with Crippen LogP contribution >= 0.6 is 23.1 Å². The molecule has 0 aliphatic carbocycles. The summed E-state index contributed by atoms with van der Waals surface area (Å²) in [6.07, 6.45) is 0. The van der Waals surface area contributed by atoms with Crippen LogP contribution in [0.4, 0.5) is 0 Å². The largest absolute Gasteiger partial charge is 0.336 e. The minimum Gasteiger partial charge on any atom is -0.336 e. The molecule has 0 unspecified atom stereocenters. The Morgan fingerprint density at radius 2 is 1.71 bits per heavy atom. The molecule has 2 aromatic carbocycles. The molecule has 6 nitrogen and oxygen atoms in total. The van der Waals surface area contributed by atoms with Crippen LogP contribution in [0.2, 0.25) is 0 Å². The molecule has 0 radical (unpaired) electrons. The second kappa shape index (κ2) is 10.8. The average Bonchev–Trinajstić information content (AvgIpc) is 3.58. The second-order valence-electron chi connectivity index (χ2n) is 8.67. The molecule has 8 heteroatoms. The number of carbonyl (C=O) groups is 1. The number of hydrogen-bond donors (Lipinski definition) is 0. The van der Waals surface area contributed by atoms with E-state index in [9.17, 15) is 4.79 Å². The molecule has 1 amide bonds. The van der Waals surface area contributed by atoms with E-state index in [2.05, 4.69) is 81.4 Å². The molecule has 3 heterocycles. The highest BCUT2D eigenvalue weighted by Gasteiger charge is 2.21. The van der Waals surface area contributed by atoms with Gasteiger partial charge in [-0.05, 0) is 54.7 Å². The summed E-state index contributed by atoms with van der Waals surface area (Å²) >= 11 is 3.32. The average molecular weight is 504 g/mol. The van der Waals surface area contributed by atoms with Crippen molar-refractivity contribution in [3.05, 3.63) is 82.7 Å². The van der Waals surface area contributed by atoms with Crippen LogP contribution in [0.15, 0.2) is 71.2 Å². The molecule has 0 N–H and O–H groups in total. The van der Waals surface area contributed by atoms with Crippen molar-refractivity contribution >= 4 is 29.0 Å². The molecule has 0 atom stereocenters. The molecule has 1 saturated heterocycles. The summed E-state index contributed by atoms with van der Waals surface area (Å²) in [5.41, 5.74) is 4.18. The highest BCUT2D eigenvalue weighted by atomic mass is 32.2. The van der Waals surface area contributed by atoms with Crippen molar-refractivity contribution in [2.75, 3.05) is 32.7 Å². The van der Waals surface area contributed by atoms with Crippen LogP contribution in [-0.4, -0.2) is 63.2 Å². The third-order valence-corrected chi connectivity index (χ3v) is 8.21. The molecule has 4 aromatic rings. The number of aromatic nitrogens is 3. The topological polar surface area (TPSA) is 54.3 Å². The van der Waals surface area contributed by atoms with Gasteiger partial charge in [-0.1, -0.05) is 54.6 Å². The molecule has 1 fully saturated rings. The molecule has 0 bridgehead atoms. The highest BCUT2D eigenvalue weighted by Crippen LogP contribution is 2.32. The van der Waals surface area contributed by atoms with Crippen molar-refractivity contribution in [3.8, 4) is 16.4 Å². The molecule has 1 aliphatic rings. The standard InChI is InChI=1S/C27H29N5OS2/c1-3-30-14-16-31(17-15-30)26(33)22-10-8-21(9-11-22)19-35-27-29-28-25(24-5-4-18-34-24)32(27)23-12-6-20(2)7-13-23/h4-13,18H,3,14-17,19H2,1-2H3. The predicted octanol–water partition coefficient (Wildman–Crippen LogP) is 5.37. The number of carbonyl (C=O) groups excluding carboxylic acids is 1. The summed E-state index contributed by atoms with van der Waals surface area (Å²) in [6.45, 7) is 8.79. The number of rotatable bonds is 7. The SMILES string of the molecule is CCN1CCN(C(=O)c2ccc(CSc3nnc(-c4cccs4)n3-c3ccc(C)cc3)cc2)CC1. The van der Waals surface area contributed by atoms with Gasteiger partial charge in [-0.15, -0.1) is 21.5 Å². The smallest absolute Gasteiger partial charge is 0.253 e. The zero-order chi connectivity index (χ0) is 24.2. The number of likely N-dealkylation sites (N-methyl/N-ethyl adjacent to an activating group) is 1. The van der Waals surface area contributed by atoms with E-state index in [4.69, 9.17) is 0 Å². The Morgan fingerprint density at radius 3 is 2.37 bits per heavy atom. The maximum absolute atomic E-state index is 12.9. The van der Waals surface area contributed by atoms with Gasteiger partial charge in [0, 0.05) is 43.2 Å². The summed E-state index contributed by atoms with van der Waals surface area (Å²) in [4.78, 5) is 18.3. The van der Waals surface area contributed by atoms with Gasteiger partial charge >= 0.3 is 0 Å². The first-order valence-corrected chi connectivity index (χ1v) is 13.8. The molecular weight excluding hydrogens is 474 g/mol. The lowest BCUT2D eigenvalue weighted by Crippen LogP contribution is -2.48. The van der Waals surface area contributed by atoms with Gasteiger partial charge in [-0.2, -0.15) is 0 Å². The zero-order valence-electron chi connectivity index (χ0n) is 20.1. The van der Waals surface area contributed by atoms with E-state index in [0.717, 1.165) is 71.1 Å². The molecule has 0 spiro atoms. The Morgan fingerprint density at radius 1 is 0.971 bits per heavy atom. The first kappa shape index (κ1) is 23.8. The van der Waals surface area contributed by atoms with Gasteiger partial charge in [0.25, 0.3) is 5.91 Å². The zero-order valence-corrected chi connectivity index (χ0v) is 21.7. The van der Waals surface area contributed by atoms with E-state index >= 15 is 0 Å². The maximum atomic E-state index is 12.9. The van der Waals surface area contributed by atoms with Crippen LogP contribution in [0.3, 0.4) is 0 Å². The number of thiophene rings is 1. The molecule has 0 saturated carbocycles. The van der Waals surface area contributed by atoms with Gasteiger partial charge in [0.2, 0.25) is 0 Å². The van der Waals surface area contributed by atoms with Crippen LogP contribution in [0, 0.1) is 6.92 Å². The maximum Gasteiger partial charge on any atom is 0.253 e. The van der Waals surface area contributed by atoms with Gasteiger partial charge in [-0.25, -0.2) is 0 Å². The van der Waals surface area contributed by atoms with Crippen LogP contribution in [0.25, 0.3) is 16.4 Å². The van der Waals surface area contributed by atoms with Gasteiger partial charge < -0.3 is 9.80 Å². The van der Waals surface area contributed by atoms with Crippen LogP contribution < -0.4 is 0 Å². The number of thioether (sulfide) groups is 1. The van der Waals surface area contributed by atoms with Crippen LogP contribution in [0.5, 0.6) is 0 Å². The molecule has 180 valence electrons. The second-order valence-corrected chi connectivity index (χ2v) is 10.6. The normalized spacial score (nSPS) is 14.4. The third kappa shape index (κ3) is 5.34. The van der Waals surface area contributed by atoms with E-state index in [1.54, 1.807) is 23.1 Å². The Balaban J connectivity index is 1.30. The number of benzene rings is 2. The fourth-order valence-electron chi connectivity index (χ4n) is 4.20. The highest BCUT2D eigenvalue weighted by molar-refractivity contribution is 7.98. The first-order valence-electron chi connectivity index (χ1n) is 11.9. The molecular formula is C27H29N5OS2. The predicted molar refractivity (Wildman–Crippen MR) is 143 cm³/mol. The van der Waals surface area contributed by atoms with Crippen molar-refractivity contribution in [2.24, 2.45) is 0 Å². The molecule has 1 aliphatic heterocycles. The lowest BCUT2D eigenvalue weighted by molar-refractivity contribution is 0.0643. The van der Waals surface area contributed by atoms with Crippen molar-refractivity contribution in [1.29, 1.82) is 0 Å². The number of nitrogens with zero attached hydrogens (tertiary/aromatic N) is 5. The summed E-state index contributed by atoms with van der Waals surface area (Å²) in [7, 11) is 0. The van der Waals surface area contributed by atoms with Gasteiger partial charge in [-0.3, -0.25) is 9.36 Å². The Labute approximate surface area is 214 Å². The first-order chi connectivity index (χ1) is 17.1. The van der Waals surface area contributed by atoms with E-state index in [1.165, 1.54) is 5.56 Å². The monoisotopic (exact) mass is 503 g/mol. The van der Waals surface area contributed by atoms with E-state index in [0.29, 0.717) is 0 Å². The number of hydrogen-bond acceptors (Lipinski definition) is 6. The molecule has 35 heavy (non-hydrogen) atoms. The number of aryl methyl sites for hydroxylation is 1. The minimum absolute atomic E-state index is 0.125. The lowest BCUT2D eigenvalue weighted by Gasteiger charge is -2.34. The summed E-state index contributed by atoms with van der Waals surface area (Å²) in [6, 6.07) is 20.6. The van der Waals surface area contributed by atoms with Crippen molar-refractivity contribution in [3.63, 3.8) is 0 Å². The number of amides is 1.